The number of carbonyl (C=O) groups is 3. The quantitative estimate of drug-likeness (QED) is 0.536. The van der Waals surface area contributed by atoms with E-state index in [2.05, 4.69) is 10.6 Å². The summed E-state index contributed by atoms with van der Waals surface area (Å²) in [6.07, 6.45) is 3.07. The van der Waals surface area contributed by atoms with Gasteiger partial charge in [-0.05, 0) is 32.1 Å². The summed E-state index contributed by atoms with van der Waals surface area (Å²) >= 11 is 0. The first-order chi connectivity index (χ1) is 9.95. The second-order valence-corrected chi connectivity index (χ2v) is 5.51. The second-order valence-electron chi connectivity index (χ2n) is 5.51. The van der Waals surface area contributed by atoms with Gasteiger partial charge >= 0.3 is 18.0 Å². The maximum absolute atomic E-state index is 11.8. The van der Waals surface area contributed by atoms with Crippen molar-refractivity contribution < 1.29 is 29.3 Å². The maximum Gasteiger partial charge on any atom is 0.326 e. The van der Waals surface area contributed by atoms with Crippen molar-refractivity contribution in [1.29, 1.82) is 0 Å². The van der Waals surface area contributed by atoms with Crippen LogP contribution in [0.25, 0.3) is 0 Å². The summed E-state index contributed by atoms with van der Waals surface area (Å²) in [4.78, 5) is 33.3. The van der Waals surface area contributed by atoms with E-state index in [9.17, 15) is 14.4 Å². The largest absolute Gasteiger partial charge is 0.481 e. The number of aliphatic carboxylic acids is 2. The van der Waals surface area contributed by atoms with Crippen molar-refractivity contribution in [1.82, 2.24) is 10.6 Å². The van der Waals surface area contributed by atoms with E-state index in [1.165, 1.54) is 0 Å². The van der Waals surface area contributed by atoms with Gasteiger partial charge in [0, 0.05) is 6.42 Å². The Morgan fingerprint density at radius 1 is 1.24 bits per heavy atom. The Labute approximate surface area is 121 Å². The lowest BCUT2D eigenvalue weighted by molar-refractivity contribution is -0.140. The highest BCUT2D eigenvalue weighted by Crippen LogP contribution is 2.34. The predicted octanol–water partition coefficient (Wildman–Crippen LogP) is 0.314. The highest BCUT2D eigenvalue weighted by molar-refractivity contribution is 5.82. The average Bonchev–Trinajstić information content (AvgIpc) is 2.99. The number of hydrogen-bond donors (Lipinski definition) is 4. The SMILES string of the molecule is O=C(O)CCC[C@@H](NC(=O)NC1CC2CCC1O2)C(=O)O. The van der Waals surface area contributed by atoms with Gasteiger partial charge in [-0.1, -0.05) is 0 Å². The molecule has 8 heteroatoms. The molecule has 2 aliphatic rings. The fraction of sp³-hybridized carbons (Fsp3) is 0.769. The molecule has 4 N–H and O–H groups in total. The fourth-order valence-electron chi connectivity index (χ4n) is 2.87. The van der Waals surface area contributed by atoms with E-state index >= 15 is 0 Å². The van der Waals surface area contributed by atoms with E-state index in [1.54, 1.807) is 0 Å². The minimum absolute atomic E-state index is 0.0241. The first-order valence-corrected chi connectivity index (χ1v) is 7.13. The van der Waals surface area contributed by atoms with Crippen LogP contribution in [0, 0.1) is 0 Å². The Morgan fingerprint density at radius 2 is 2.00 bits per heavy atom. The van der Waals surface area contributed by atoms with Gasteiger partial charge in [-0.25, -0.2) is 9.59 Å². The summed E-state index contributed by atoms with van der Waals surface area (Å²) in [5.41, 5.74) is 0. The Kier molecular flexibility index (Phi) is 5.00. The van der Waals surface area contributed by atoms with Gasteiger partial charge in [0.2, 0.25) is 0 Å². The molecule has 8 nitrogen and oxygen atoms in total. The monoisotopic (exact) mass is 300 g/mol. The lowest BCUT2D eigenvalue weighted by Crippen LogP contribution is -2.51. The van der Waals surface area contributed by atoms with Crippen molar-refractivity contribution in [3.8, 4) is 0 Å². The van der Waals surface area contributed by atoms with Gasteiger partial charge in [0.25, 0.3) is 0 Å². The van der Waals surface area contributed by atoms with E-state index in [0.29, 0.717) is 0 Å². The smallest absolute Gasteiger partial charge is 0.326 e. The average molecular weight is 300 g/mol. The Bertz CT molecular complexity index is 427. The van der Waals surface area contributed by atoms with Gasteiger partial charge in [0.15, 0.2) is 0 Å². The van der Waals surface area contributed by atoms with Crippen LogP contribution in [0.4, 0.5) is 4.79 Å². The summed E-state index contributed by atoms with van der Waals surface area (Å²) in [7, 11) is 0. The third-order valence-electron chi connectivity index (χ3n) is 3.91. The van der Waals surface area contributed by atoms with Gasteiger partial charge in [0.05, 0.1) is 18.2 Å². The van der Waals surface area contributed by atoms with Crippen LogP contribution >= 0.6 is 0 Å². The van der Waals surface area contributed by atoms with Crippen LogP contribution in [0.2, 0.25) is 0 Å². The zero-order valence-electron chi connectivity index (χ0n) is 11.6. The van der Waals surface area contributed by atoms with E-state index in [0.717, 1.165) is 19.3 Å². The van der Waals surface area contributed by atoms with Crippen LogP contribution in [0.15, 0.2) is 0 Å². The molecule has 4 atom stereocenters. The van der Waals surface area contributed by atoms with E-state index < -0.39 is 24.0 Å². The topological polar surface area (TPSA) is 125 Å². The number of carboxylic acids is 2. The lowest BCUT2D eigenvalue weighted by Gasteiger charge is -2.22. The third kappa shape index (κ3) is 4.32. The van der Waals surface area contributed by atoms with Gasteiger partial charge < -0.3 is 25.6 Å². The molecule has 2 rings (SSSR count). The van der Waals surface area contributed by atoms with Gasteiger partial charge in [-0.2, -0.15) is 0 Å². The Hall–Kier alpha value is -1.83. The standard InChI is InChI=1S/C13H20N2O6/c16-11(17)3-1-2-8(12(18)19)14-13(20)15-9-6-7-4-5-10(9)21-7/h7-10H,1-6H2,(H,16,17)(H,18,19)(H2,14,15,20)/t7?,8-,9?,10?/m1/s1. The van der Waals surface area contributed by atoms with Gasteiger partial charge in [-0.3, -0.25) is 4.79 Å². The van der Waals surface area contributed by atoms with Crippen molar-refractivity contribution >= 4 is 18.0 Å². The molecule has 0 aromatic rings. The molecule has 2 heterocycles. The summed E-state index contributed by atoms with van der Waals surface area (Å²) in [5, 5.41) is 22.7. The number of ether oxygens (including phenoxy) is 1. The molecule has 2 aliphatic heterocycles. The van der Waals surface area contributed by atoms with Crippen LogP contribution in [-0.2, 0) is 14.3 Å². The highest BCUT2D eigenvalue weighted by atomic mass is 16.5. The first-order valence-electron chi connectivity index (χ1n) is 7.13. The number of carbonyl (C=O) groups excluding carboxylic acids is 1. The third-order valence-corrected chi connectivity index (χ3v) is 3.91. The molecule has 2 amide bonds. The van der Waals surface area contributed by atoms with Gasteiger partial charge in [-0.15, -0.1) is 0 Å². The number of rotatable bonds is 7. The zero-order valence-corrected chi connectivity index (χ0v) is 11.6. The zero-order chi connectivity index (χ0) is 15.4. The molecule has 2 saturated heterocycles. The summed E-state index contributed by atoms with van der Waals surface area (Å²) in [5.74, 6) is -2.15. The molecule has 3 unspecified atom stereocenters. The molecule has 0 aromatic carbocycles. The van der Waals surface area contributed by atoms with E-state index in [-0.39, 0.29) is 37.5 Å². The second kappa shape index (κ2) is 6.75. The summed E-state index contributed by atoms with van der Waals surface area (Å²) in [6.45, 7) is 0. The molecule has 0 aliphatic carbocycles. The van der Waals surface area contributed by atoms with Crippen LogP contribution < -0.4 is 10.6 Å². The number of amides is 2. The Morgan fingerprint density at radius 3 is 2.52 bits per heavy atom. The number of urea groups is 1. The van der Waals surface area contributed by atoms with Crippen LogP contribution in [0.5, 0.6) is 0 Å². The van der Waals surface area contributed by atoms with Crippen LogP contribution in [0.1, 0.15) is 38.5 Å². The van der Waals surface area contributed by atoms with Gasteiger partial charge in [0.1, 0.15) is 6.04 Å². The molecular formula is C13H20N2O6. The van der Waals surface area contributed by atoms with E-state index in [4.69, 9.17) is 14.9 Å². The molecule has 21 heavy (non-hydrogen) atoms. The normalized spacial score (nSPS) is 28.1. The molecule has 2 fully saturated rings. The van der Waals surface area contributed by atoms with Crippen molar-refractivity contribution in [2.45, 2.75) is 62.8 Å². The minimum Gasteiger partial charge on any atom is -0.481 e. The summed E-state index contributed by atoms with van der Waals surface area (Å²) < 4.78 is 5.61. The summed E-state index contributed by atoms with van der Waals surface area (Å²) in [6, 6.07) is -1.69. The van der Waals surface area contributed by atoms with Crippen molar-refractivity contribution in [2.75, 3.05) is 0 Å². The fourth-order valence-corrected chi connectivity index (χ4v) is 2.87. The number of hydrogen-bond acceptors (Lipinski definition) is 4. The molecule has 118 valence electrons. The Balaban J connectivity index is 1.75. The first kappa shape index (κ1) is 15.6. The number of fused-ring (bicyclic) bond motifs is 2. The van der Waals surface area contributed by atoms with Crippen molar-refractivity contribution in [2.24, 2.45) is 0 Å². The molecule has 0 radical (unpaired) electrons. The highest BCUT2D eigenvalue weighted by Gasteiger charge is 2.41. The maximum atomic E-state index is 11.8. The van der Waals surface area contributed by atoms with E-state index in [1.807, 2.05) is 0 Å². The predicted molar refractivity (Wildman–Crippen MR) is 70.9 cm³/mol. The van der Waals surface area contributed by atoms with Crippen molar-refractivity contribution in [3.05, 3.63) is 0 Å². The van der Waals surface area contributed by atoms with Crippen LogP contribution in [-0.4, -0.2) is 52.5 Å². The van der Waals surface area contributed by atoms with Crippen LogP contribution in [0.3, 0.4) is 0 Å². The number of carboxylic acid groups (broad SMARTS) is 2. The lowest BCUT2D eigenvalue weighted by atomic mass is 9.96. The number of nitrogens with one attached hydrogen (secondary N) is 2. The molecule has 0 saturated carbocycles. The molecule has 0 spiro atoms. The van der Waals surface area contributed by atoms with Crippen molar-refractivity contribution in [3.63, 3.8) is 0 Å². The molecular weight excluding hydrogens is 280 g/mol. The molecule has 0 aromatic heterocycles. The molecule has 2 bridgehead atoms. The minimum atomic E-state index is -1.17.